The number of hydrogen-bond acceptors (Lipinski definition) is 5. The highest BCUT2D eigenvalue weighted by Crippen LogP contribution is 2.27. The summed E-state index contributed by atoms with van der Waals surface area (Å²) in [4.78, 5) is 6.44. The van der Waals surface area contributed by atoms with Gasteiger partial charge in [0.25, 0.3) is 0 Å². The summed E-state index contributed by atoms with van der Waals surface area (Å²) in [6.07, 6.45) is 6.99. The largest absolute Gasteiger partial charge is 0.386 e. The smallest absolute Gasteiger partial charge is 0.102 e. The molecule has 0 radical (unpaired) electrons. The van der Waals surface area contributed by atoms with Crippen molar-refractivity contribution >= 4 is 5.69 Å². The van der Waals surface area contributed by atoms with Gasteiger partial charge in [0.15, 0.2) is 0 Å². The van der Waals surface area contributed by atoms with Crippen LogP contribution in [0.25, 0.3) is 0 Å². The van der Waals surface area contributed by atoms with Crippen molar-refractivity contribution in [2.75, 3.05) is 18.0 Å². The molecule has 0 aromatic carbocycles. The molecule has 1 saturated heterocycles. The minimum Gasteiger partial charge on any atom is -0.386 e. The molecule has 6 nitrogen and oxygen atoms in total. The molecule has 3 rings (SSSR count). The number of pyridine rings is 1. The first-order valence-corrected chi connectivity index (χ1v) is 6.89. The molecule has 0 bridgehead atoms. The lowest BCUT2D eigenvalue weighted by Gasteiger charge is -2.40. The van der Waals surface area contributed by atoms with Gasteiger partial charge < -0.3 is 10.0 Å². The zero-order valence-corrected chi connectivity index (χ0v) is 11.6. The number of rotatable bonds is 3. The van der Waals surface area contributed by atoms with Crippen molar-refractivity contribution in [1.29, 1.82) is 0 Å². The van der Waals surface area contributed by atoms with Gasteiger partial charge in [0, 0.05) is 36.9 Å². The third kappa shape index (κ3) is 2.80. The molecule has 0 spiro atoms. The molecule has 1 aliphatic rings. The molecule has 1 fully saturated rings. The molecule has 0 amide bonds. The van der Waals surface area contributed by atoms with E-state index < -0.39 is 5.60 Å². The Morgan fingerprint density at radius 1 is 1.40 bits per heavy atom. The van der Waals surface area contributed by atoms with Crippen LogP contribution >= 0.6 is 0 Å². The van der Waals surface area contributed by atoms with Crippen LogP contribution in [0.4, 0.5) is 5.69 Å². The van der Waals surface area contributed by atoms with Crippen molar-refractivity contribution in [1.82, 2.24) is 20.0 Å². The Morgan fingerprint density at radius 2 is 2.30 bits per heavy atom. The van der Waals surface area contributed by atoms with Crippen LogP contribution in [0, 0.1) is 6.92 Å². The van der Waals surface area contributed by atoms with E-state index in [1.165, 1.54) is 0 Å². The maximum atomic E-state index is 10.8. The average Bonchev–Trinajstić information content (AvgIpc) is 2.91. The van der Waals surface area contributed by atoms with E-state index in [1.807, 2.05) is 19.2 Å². The Kier molecular flexibility index (Phi) is 3.40. The maximum absolute atomic E-state index is 10.8. The van der Waals surface area contributed by atoms with E-state index >= 15 is 0 Å². The molecule has 106 valence electrons. The van der Waals surface area contributed by atoms with Gasteiger partial charge in [-0.3, -0.25) is 4.98 Å². The quantitative estimate of drug-likeness (QED) is 0.904. The Hall–Kier alpha value is -1.95. The van der Waals surface area contributed by atoms with Gasteiger partial charge in [-0.15, -0.1) is 5.10 Å². The zero-order valence-electron chi connectivity index (χ0n) is 11.6. The monoisotopic (exact) mass is 273 g/mol. The second kappa shape index (κ2) is 5.20. The van der Waals surface area contributed by atoms with Crippen LogP contribution in [0.2, 0.25) is 0 Å². The third-order valence-corrected chi connectivity index (χ3v) is 3.73. The number of hydrogen-bond donors (Lipinski definition) is 1. The van der Waals surface area contributed by atoms with Crippen molar-refractivity contribution < 1.29 is 5.11 Å². The molecule has 2 aromatic heterocycles. The van der Waals surface area contributed by atoms with Crippen LogP contribution in [0.15, 0.2) is 30.7 Å². The van der Waals surface area contributed by atoms with Crippen molar-refractivity contribution in [3.05, 3.63) is 36.4 Å². The first-order chi connectivity index (χ1) is 9.65. The first-order valence-electron chi connectivity index (χ1n) is 6.89. The van der Waals surface area contributed by atoms with Gasteiger partial charge >= 0.3 is 0 Å². The number of piperidine rings is 1. The van der Waals surface area contributed by atoms with E-state index in [4.69, 9.17) is 0 Å². The number of nitrogens with zero attached hydrogens (tertiary/aromatic N) is 5. The maximum Gasteiger partial charge on any atom is 0.102 e. The normalized spacial score (nSPS) is 23.0. The third-order valence-electron chi connectivity index (χ3n) is 3.73. The van der Waals surface area contributed by atoms with Crippen molar-refractivity contribution in [3.63, 3.8) is 0 Å². The first kappa shape index (κ1) is 13.1. The van der Waals surface area contributed by atoms with Crippen molar-refractivity contribution in [3.8, 4) is 0 Å². The van der Waals surface area contributed by atoms with Crippen LogP contribution in [0.1, 0.15) is 18.5 Å². The van der Waals surface area contributed by atoms with E-state index in [-0.39, 0.29) is 0 Å². The molecule has 1 N–H and O–H groups in total. The lowest BCUT2D eigenvalue weighted by molar-refractivity contribution is 0.00603. The van der Waals surface area contributed by atoms with Crippen LogP contribution < -0.4 is 4.90 Å². The van der Waals surface area contributed by atoms with E-state index in [9.17, 15) is 5.11 Å². The SMILES string of the molecule is Cc1cc(N2CCCC(O)(Cn3ccnn3)C2)ccn1. The van der Waals surface area contributed by atoms with E-state index in [2.05, 4.69) is 26.3 Å². The number of anilines is 1. The predicted molar refractivity (Wildman–Crippen MR) is 75.4 cm³/mol. The molecule has 6 heteroatoms. The Labute approximate surface area is 118 Å². The zero-order chi connectivity index (χ0) is 14.0. The minimum atomic E-state index is -0.761. The molecule has 3 heterocycles. The summed E-state index contributed by atoms with van der Waals surface area (Å²) in [5.74, 6) is 0. The summed E-state index contributed by atoms with van der Waals surface area (Å²) >= 11 is 0. The summed E-state index contributed by atoms with van der Waals surface area (Å²) in [7, 11) is 0. The van der Waals surface area contributed by atoms with Gasteiger partial charge in [-0.25, -0.2) is 4.68 Å². The van der Waals surface area contributed by atoms with E-state index in [0.717, 1.165) is 30.8 Å². The summed E-state index contributed by atoms with van der Waals surface area (Å²) in [6, 6.07) is 4.05. The van der Waals surface area contributed by atoms with Crippen LogP contribution in [-0.2, 0) is 6.54 Å². The Bertz CT molecular complexity index is 571. The lowest BCUT2D eigenvalue weighted by Crippen LogP contribution is -2.50. The molecule has 1 aliphatic heterocycles. The van der Waals surface area contributed by atoms with Crippen LogP contribution in [0.5, 0.6) is 0 Å². The lowest BCUT2D eigenvalue weighted by atomic mass is 9.92. The fourth-order valence-corrected chi connectivity index (χ4v) is 2.81. The molecule has 0 aliphatic carbocycles. The van der Waals surface area contributed by atoms with E-state index in [0.29, 0.717) is 13.1 Å². The van der Waals surface area contributed by atoms with Gasteiger partial charge in [-0.2, -0.15) is 0 Å². The molecule has 1 atom stereocenters. The van der Waals surface area contributed by atoms with E-state index in [1.54, 1.807) is 17.1 Å². The summed E-state index contributed by atoms with van der Waals surface area (Å²) < 4.78 is 1.70. The second-order valence-corrected chi connectivity index (χ2v) is 5.51. The molecule has 2 aromatic rings. The fourth-order valence-electron chi connectivity index (χ4n) is 2.81. The number of β-amino-alcohol motifs (C(OH)–C–C–N with tert-alkyl or cyclic N) is 1. The molecule has 1 unspecified atom stereocenters. The minimum absolute atomic E-state index is 0.480. The average molecular weight is 273 g/mol. The molecule has 0 saturated carbocycles. The highest BCUT2D eigenvalue weighted by atomic mass is 16.3. The Morgan fingerprint density at radius 3 is 3.05 bits per heavy atom. The van der Waals surface area contributed by atoms with Crippen molar-refractivity contribution in [2.24, 2.45) is 0 Å². The number of aliphatic hydroxyl groups is 1. The highest BCUT2D eigenvalue weighted by molar-refractivity contribution is 5.47. The summed E-state index contributed by atoms with van der Waals surface area (Å²) in [5.41, 5.74) is 1.35. The Balaban J connectivity index is 1.75. The van der Waals surface area contributed by atoms with Gasteiger partial charge in [-0.05, 0) is 31.9 Å². The highest BCUT2D eigenvalue weighted by Gasteiger charge is 2.34. The number of aryl methyl sites for hydroxylation is 1. The van der Waals surface area contributed by atoms with Crippen LogP contribution in [-0.4, -0.2) is 43.8 Å². The standard InChI is InChI=1S/C14H19N5O/c1-12-9-13(3-5-15-12)18-7-2-4-14(20,10-18)11-19-8-6-16-17-19/h3,5-6,8-9,20H,2,4,7,10-11H2,1H3. The topological polar surface area (TPSA) is 67.1 Å². The summed E-state index contributed by atoms with van der Waals surface area (Å²) in [5, 5.41) is 18.5. The van der Waals surface area contributed by atoms with Crippen molar-refractivity contribution in [2.45, 2.75) is 31.9 Å². The van der Waals surface area contributed by atoms with Gasteiger partial charge in [-0.1, -0.05) is 5.21 Å². The molecule has 20 heavy (non-hydrogen) atoms. The molecular formula is C14H19N5O. The second-order valence-electron chi connectivity index (χ2n) is 5.51. The van der Waals surface area contributed by atoms with Crippen LogP contribution in [0.3, 0.4) is 0 Å². The predicted octanol–water partition coefficient (Wildman–Crippen LogP) is 1.01. The van der Waals surface area contributed by atoms with Gasteiger partial charge in [0.2, 0.25) is 0 Å². The summed E-state index contributed by atoms with van der Waals surface area (Å²) in [6.45, 7) is 4.03. The van der Waals surface area contributed by atoms with Gasteiger partial charge in [0.1, 0.15) is 5.60 Å². The number of aromatic nitrogens is 4. The fraction of sp³-hybridized carbons (Fsp3) is 0.500. The molecular weight excluding hydrogens is 254 g/mol. The van der Waals surface area contributed by atoms with Gasteiger partial charge in [0.05, 0.1) is 12.7 Å².